The van der Waals surface area contributed by atoms with Crippen LogP contribution in [0.4, 0.5) is 5.69 Å². The van der Waals surface area contributed by atoms with Gasteiger partial charge in [-0.05, 0) is 24.5 Å². The Kier molecular flexibility index (Phi) is 4.20. The minimum atomic E-state index is -0.121. The summed E-state index contributed by atoms with van der Waals surface area (Å²) in [6.45, 7) is 4.67. The highest BCUT2D eigenvalue weighted by Crippen LogP contribution is 2.22. The van der Waals surface area contributed by atoms with Gasteiger partial charge in [0.15, 0.2) is 0 Å². The van der Waals surface area contributed by atoms with E-state index in [1.807, 2.05) is 38.1 Å². The van der Waals surface area contributed by atoms with Gasteiger partial charge < -0.3 is 10.2 Å². The molecule has 0 atom stereocenters. The summed E-state index contributed by atoms with van der Waals surface area (Å²) in [7, 11) is 0. The van der Waals surface area contributed by atoms with Crippen molar-refractivity contribution in [3.05, 3.63) is 29.8 Å². The third kappa shape index (κ3) is 2.95. The first-order chi connectivity index (χ1) is 9.15. The first-order valence-corrected chi connectivity index (χ1v) is 6.82. The van der Waals surface area contributed by atoms with E-state index in [2.05, 4.69) is 5.32 Å². The Balaban J connectivity index is 2.24. The summed E-state index contributed by atoms with van der Waals surface area (Å²) in [6, 6.07) is 7.64. The monoisotopic (exact) mass is 260 g/mol. The van der Waals surface area contributed by atoms with Gasteiger partial charge in [-0.1, -0.05) is 32.0 Å². The SMILES string of the molecule is CCC(CC)C(=O)N1CC(=O)Nc2ccccc2C1. The predicted octanol–water partition coefficient (Wildman–Crippen LogP) is 2.40. The van der Waals surface area contributed by atoms with Gasteiger partial charge in [-0.2, -0.15) is 0 Å². The Labute approximate surface area is 113 Å². The van der Waals surface area contributed by atoms with E-state index in [1.165, 1.54) is 0 Å². The second-order valence-electron chi connectivity index (χ2n) is 4.91. The average molecular weight is 260 g/mol. The van der Waals surface area contributed by atoms with Crippen molar-refractivity contribution in [2.75, 3.05) is 11.9 Å². The Morgan fingerprint density at radius 2 is 1.95 bits per heavy atom. The predicted molar refractivity (Wildman–Crippen MR) is 74.6 cm³/mol. The second-order valence-corrected chi connectivity index (χ2v) is 4.91. The van der Waals surface area contributed by atoms with E-state index in [4.69, 9.17) is 0 Å². The molecule has 0 saturated carbocycles. The number of para-hydroxylation sites is 1. The summed E-state index contributed by atoms with van der Waals surface area (Å²) >= 11 is 0. The largest absolute Gasteiger partial charge is 0.329 e. The van der Waals surface area contributed by atoms with Gasteiger partial charge in [0.05, 0.1) is 0 Å². The van der Waals surface area contributed by atoms with Crippen LogP contribution in [0.5, 0.6) is 0 Å². The van der Waals surface area contributed by atoms with Gasteiger partial charge in [0.1, 0.15) is 6.54 Å². The second kappa shape index (κ2) is 5.87. The van der Waals surface area contributed by atoms with Crippen molar-refractivity contribution in [3.8, 4) is 0 Å². The lowest BCUT2D eigenvalue weighted by Crippen LogP contribution is -2.38. The van der Waals surface area contributed by atoms with Crippen molar-refractivity contribution < 1.29 is 9.59 Å². The van der Waals surface area contributed by atoms with Gasteiger partial charge in [0.2, 0.25) is 11.8 Å². The topological polar surface area (TPSA) is 49.4 Å². The van der Waals surface area contributed by atoms with Crippen molar-refractivity contribution >= 4 is 17.5 Å². The smallest absolute Gasteiger partial charge is 0.244 e. The molecule has 102 valence electrons. The van der Waals surface area contributed by atoms with Crippen LogP contribution in [-0.2, 0) is 16.1 Å². The molecule has 2 rings (SSSR count). The first kappa shape index (κ1) is 13.6. The molecule has 1 heterocycles. The highest BCUT2D eigenvalue weighted by Gasteiger charge is 2.26. The third-order valence-corrected chi connectivity index (χ3v) is 3.63. The van der Waals surface area contributed by atoms with Gasteiger partial charge in [0.25, 0.3) is 0 Å². The molecule has 1 aliphatic rings. The molecule has 19 heavy (non-hydrogen) atoms. The minimum absolute atomic E-state index is 0.0121. The fraction of sp³-hybridized carbons (Fsp3) is 0.467. The maximum absolute atomic E-state index is 12.4. The van der Waals surface area contributed by atoms with Gasteiger partial charge in [0, 0.05) is 18.2 Å². The zero-order valence-corrected chi connectivity index (χ0v) is 11.5. The third-order valence-electron chi connectivity index (χ3n) is 3.63. The molecule has 0 aliphatic carbocycles. The maximum atomic E-state index is 12.4. The highest BCUT2D eigenvalue weighted by atomic mass is 16.2. The molecule has 0 saturated heterocycles. The number of fused-ring (bicyclic) bond motifs is 1. The molecule has 4 heteroatoms. The van der Waals surface area contributed by atoms with E-state index >= 15 is 0 Å². The van der Waals surface area contributed by atoms with Crippen LogP contribution in [0.2, 0.25) is 0 Å². The van der Waals surface area contributed by atoms with E-state index in [0.29, 0.717) is 6.54 Å². The Morgan fingerprint density at radius 1 is 1.26 bits per heavy atom. The number of hydrogen-bond donors (Lipinski definition) is 1. The molecule has 1 aromatic rings. The summed E-state index contributed by atoms with van der Waals surface area (Å²) in [4.78, 5) is 25.9. The van der Waals surface area contributed by atoms with Crippen molar-refractivity contribution in [1.82, 2.24) is 4.90 Å². The van der Waals surface area contributed by atoms with Crippen LogP contribution in [0.1, 0.15) is 32.3 Å². The lowest BCUT2D eigenvalue weighted by molar-refractivity contribution is -0.139. The summed E-state index contributed by atoms with van der Waals surface area (Å²) in [5.41, 5.74) is 1.81. The van der Waals surface area contributed by atoms with Gasteiger partial charge in [-0.15, -0.1) is 0 Å². The minimum Gasteiger partial charge on any atom is -0.329 e. The van der Waals surface area contributed by atoms with Gasteiger partial charge >= 0.3 is 0 Å². The van der Waals surface area contributed by atoms with Crippen LogP contribution in [0.15, 0.2) is 24.3 Å². The fourth-order valence-corrected chi connectivity index (χ4v) is 2.46. The average Bonchev–Trinajstić information content (AvgIpc) is 2.57. The van der Waals surface area contributed by atoms with Crippen molar-refractivity contribution in [3.63, 3.8) is 0 Å². The molecule has 0 unspecified atom stereocenters. The van der Waals surface area contributed by atoms with Gasteiger partial charge in [-0.25, -0.2) is 0 Å². The van der Waals surface area contributed by atoms with Crippen LogP contribution in [0.3, 0.4) is 0 Å². The molecule has 2 amide bonds. The number of benzene rings is 1. The summed E-state index contributed by atoms with van der Waals surface area (Å²) in [6.07, 6.45) is 1.63. The Morgan fingerprint density at radius 3 is 2.63 bits per heavy atom. The standard InChI is InChI=1S/C15H20N2O2/c1-3-11(4-2)15(19)17-9-12-7-5-6-8-13(12)16-14(18)10-17/h5-8,11H,3-4,9-10H2,1-2H3,(H,16,18). The molecule has 1 N–H and O–H groups in total. The lowest BCUT2D eigenvalue weighted by atomic mass is 10.0. The van der Waals surface area contributed by atoms with Crippen molar-refractivity contribution in [1.29, 1.82) is 0 Å². The molecular formula is C15H20N2O2. The number of hydrogen-bond acceptors (Lipinski definition) is 2. The van der Waals surface area contributed by atoms with Crippen LogP contribution >= 0.6 is 0 Å². The number of rotatable bonds is 3. The van der Waals surface area contributed by atoms with Crippen LogP contribution in [0.25, 0.3) is 0 Å². The Bertz CT molecular complexity index is 481. The van der Waals surface area contributed by atoms with Crippen molar-refractivity contribution in [2.45, 2.75) is 33.2 Å². The van der Waals surface area contributed by atoms with Crippen molar-refractivity contribution in [2.24, 2.45) is 5.92 Å². The summed E-state index contributed by atoms with van der Waals surface area (Å²) in [5.74, 6) is -0.0285. The van der Waals surface area contributed by atoms with E-state index in [0.717, 1.165) is 24.1 Å². The molecule has 0 fully saturated rings. The first-order valence-electron chi connectivity index (χ1n) is 6.82. The molecule has 0 bridgehead atoms. The van der Waals surface area contributed by atoms with Gasteiger partial charge in [-0.3, -0.25) is 9.59 Å². The zero-order chi connectivity index (χ0) is 13.8. The number of carbonyl (C=O) groups excluding carboxylic acids is 2. The zero-order valence-electron chi connectivity index (χ0n) is 11.5. The molecule has 0 spiro atoms. The molecule has 1 aliphatic heterocycles. The molecular weight excluding hydrogens is 240 g/mol. The van der Waals surface area contributed by atoms with E-state index in [-0.39, 0.29) is 24.3 Å². The van der Waals surface area contributed by atoms with Crippen LogP contribution < -0.4 is 5.32 Å². The molecule has 0 aromatic heterocycles. The van der Waals surface area contributed by atoms with Crippen LogP contribution in [0, 0.1) is 5.92 Å². The van der Waals surface area contributed by atoms with E-state index < -0.39 is 0 Å². The molecule has 1 aromatic carbocycles. The number of nitrogens with zero attached hydrogens (tertiary/aromatic N) is 1. The number of nitrogens with one attached hydrogen (secondary N) is 1. The Hall–Kier alpha value is -1.84. The summed E-state index contributed by atoms with van der Waals surface area (Å²) < 4.78 is 0. The number of carbonyl (C=O) groups is 2. The maximum Gasteiger partial charge on any atom is 0.244 e. The highest BCUT2D eigenvalue weighted by molar-refractivity contribution is 5.96. The molecule has 4 nitrogen and oxygen atoms in total. The van der Waals surface area contributed by atoms with E-state index in [1.54, 1.807) is 4.90 Å². The fourth-order valence-electron chi connectivity index (χ4n) is 2.46. The molecule has 0 radical (unpaired) electrons. The van der Waals surface area contributed by atoms with Crippen LogP contribution in [-0.4, -0.2) is 23.3 Å². The van der Waals surface area contributed by atoms with E-state index in [9.17, 15) is 9.59 Å². The summed E-state index contributed by atoms with van der Waals surface area (Å²) in [5, 5.41) is 2.85. The quantitative estimate of drug-likeness (QED) is 0.907. The number of anilines is 1. The number of amides is 2. The normalized spacial score (nSPS) is 14.9. The lowest BCUT2D eigenvalue weighted by Gasteiger charge is -2.24.